The van der Waals surface area contributed by atoms with Gasteiger partial charge in [0.1, 0.15) is 0 Å². The topological polar surface area (TPSA) is 50.1 Å². The quantitative estimate of drug-likeness (QED) is 0.658. The van der Waals surface area contributed by atoms with E-state index in [1.165, 1.54) is 4.68 Å². The smallest absolute Gasteiger partial charge is 0.275 e. The van der Waals surface area contributed by atoms with Crippen LogP contribution in [0.4, 0.5) is 5.69 Å². The fourth-order valence-corrected chi connectivity index (χ4v) is 1.80. The van der Waals surface area contributed by atoms with Gasteiger partial charge < -0.3 is 0 Å². The molecule has 0 saturated carbocycles. The summed E-state index contributed by atoms with van der Waals surface area (Å²) in [6, 6.07) is 9.50. The van der Waals surface area contributed by atoms with E-state index < -0.39 is 0 Å². The number of hydrogen-bond acceptors (Lipinski definition) is 2. The normalized spacial score (nSPS) is 10.7. The van der Waals surface area contributed by atoms with E-state index in [4.69, 9.17) is 6.42 Å². The highest BCUT2D eigenvalue weighted by molar-refractivity contribution is 5.82. The Hall–Kier alpha value is -2.54. The molecule has 1 aromatic carbocycles. The highest BCUT2D eigenvalue weighted by atomic mass is 16.1. The molecule has 19 heavy (non-hydrogen) atoms. The SMILES string of the molecule is C#CCCc1[nH]n(C)c(=O)c1C=Nc1ccccc1. The van der Waals surface area contributed by atoms with Crippen molar-refractivity contribution in [2.75, 3.05) is 0 Å². The first-order chi connectivity index (χ1) is 9.22. The molecule has 0 fully saturated rings. The number of para-hydroxylation sites is 1. The Bertz CT molecular complexity index is 672. The molecule has 1 heterocycles. The van der Waals surface area contributed by atoms with E-state index in [1.54, 1.807) is 13.3 Å². The second kappa shape index (κ2) is 5.87. The first kappa shape index (κ1) is 12.9. The molecule has 0 spiro atoms. The molecule has 96 valence electrons. The number of H-pyrrole nitrogens is 1. The molecule has 0 aliphatic heterocycles. The maximum atomic E-state index is 12.0. The fraction of sp³-hybridized carbons (Fsp3) is 0.200. The number of benzene rings is 1. The molecular weight excluding hydrogens is 238 g/mol. The Balaban J connectivity index is 2.31. The van der Waals surface area contributed by atoms with Crippen LogP contribution in [0, 0.1) is 12.3 Å². The number of hydrogen-bond donors (Lipinski definition) is 1. The number of nitrogens with one attached hydrogen (secondary N) is 1. The number of terminal acetylenes is 1. The molecule has 0 atom stereocenters. The van der Waals surface area contributed by atoms with Crippen LogP contribution < -0.4 is 5.56 Å². The standard InChI is InChI=1S/C15H15N3O/c1-3-4-10-14-13(15(19)18(2)17-14)11-16-12-8-6-5-7-9-12/h1,5-9,11,17H,4,10H2,2H3. The van der Waals surface area contributed by atoms with Gasteiger partial charge >= 0.3 is 0 Å². The summed E-state index contributed by atoms with van der Waals surface area (Å²) in [5, 5.41) is 3.00. The molecule has 0 bridgehead atoms. The minimum absolute atomic E-state index is 0.0910. The number of aryl methyl sites for hydroxylation is 2. The lowest BCUT2D eigenvalue weighted by Crippen LogP contribution is -2.14. The van der Waals surface area contributed by atoms with Gasteiger partial charge in [-0.1, -0.05) is 18.2 Å². The van der Waals surface area contributed by atoms with Crippen molar-refractivity contribution in [1.82, 2.24) is 9.78 Å². The summed E-state index contributed by atoms with van der Waals surface area (Å²) in [6.07, 6.45) is 8.08. The van der Waals surface area contributed by atoms with Crippen LogP contribution in [-0.4, -0.2) is 16.0 Å². The highest BCUT2D eigenvalue weighted by Crippen LogP contribution is 2.10. The molecule has 0 radical (unpaired) electrons. The van der Waals surface area contributed by atoms with Gasteiger partial charge in [-0.2, -0.15) is 0 Å². The second-order valence-corrected chi connectivity index (χ2v) is 4.17. The van der Waals surface area contributed by atoms with Gasteiger partial charge in [0, 0.05) is 31.8 Å². The van der Waals surface area contributed by atoms with Crippen LogP contribution in [0.3, 0.4) is 0 Å². The van der Waals surface area contributed by atoms with Gasteiger partial charge in [-0.3, -0.25) is 19.6 Å². The van der Waals surface area contributed by atoms with Crippen molar-refractivity contribution in [3.63, 3.8) is 0 Å². The van der Waals surface area contributed by atoms with Crippen LogP contribution in [0.1, 0.15) is 17.7 Å². The average Bonchev–Trinajstić information content (AvgIpc) is 2.71. The summed E-state index contributed by atoms with van der Waals surface area (Å²) < 4.78 is 1.44. The minimum atomic E-state index is -0.0910. The van der Waals surface area contributed by atoms with Gasteiger partial charge in [0.25, 0.3) is 5.56 Å². The average molecular weight is 253 g/mol. The van der Waals surface area contributed by atoms with Crippen molar-refractivity contribution in [3.05, 3.63) is 51.9 Å². The van der Waals surface area contributed by atoms with E-state index in [0.717, 1.165) is 11.4 Å². The van der Waals surface area contributed by atoms with Crippen LogP contribution in [0.15, 0.2) is 40.1 Å². The molecule has 0 saturated heterocycles. The summed E-state index contributed by atoms with van der Waals surface area (Å²) in [5.41, 5.74) is 2.12. The van der Waals surface area contributed by atoms with E-state index >= 15 is 0 Å². The maximum absolute atomic E-state index is 12.0. The Morgan fingerprint density at radius 2 is 2.16 bits per heavy atom. The molecule has 2 rings (SSSR count). The zero-order valence-electron chi connectivity index (χ0n) is 10.8. The van der Waals surface area contributed by atoms with Gasteiger partial charge in [0.15, 0.2) is 0 Å². The van der Waals surface area contributed by atoms with E-state index in [0.29, 0.717) is 18.4 Å². The van der Waals surface area contributed by atoms with E-state index in [9.17, 15) is 4.79 Å². The number of aromatic amines is 1. The maximum Gasteiger partial charge on any atom is 0.275 e. The molecule has 2 aromatic rings. The summed E-state index contributed by atoms with van der Waals surface area (Å²) in [6.45, 7) is 0. The Kier molecular flexibility index (Phi) is 3.99. The van der Waals surface area contributed by atoms with Crippen LogP contribution >= 0.6 is 0 Å². The second-order valence-electron chi connectivity index (χ2n) is 4.17. The zero-order valence-corrected chi connectivity index (χ0v) is 10.8. The Morgan fingerprint density at radius 3 is 2.84 bits per heavy atom. The fourth-order valence-electron chi connectivity index (χ4n) is 1.80. The number of nitrogens with zero attached hydrogens (tertiary/aromatic N) is 2. The van der Waals surface area contributed by atoms with Crippen molar-refractivity contribution < 1.29 is 0 Å². The van der Waals surface area contributed by atoms with Gasteiger partial charge in [-0.15, -0.1) is 12.3 Å². The van der Waals surface area contributed by atoms with Crippen molar-refractivity contribution in [3.8, 4) is 12.3 Å². The molecule has 1 aromatic heterocycles. The molecule has 4 nitrogen and oxygen atoms in total. The van der Waals surface area contributed by atoms with Crippen molar-refractivity contribution in [2.24, 2.45) is 12.0 Å². The Labute approximate surface area is 111 Å². The van der Waals surface area contributed by atoms with Crippen LogP contribution in [0.5, 0.6) is 0 Å². The van der Waals surface area contributed by atoms with Crippen LogP contribution in [0.2, 0.25) is 0 Å². The third-order valence-corrected chi connectivity index (χ3v) is 2.78. The molecule has 1 N–H and O–H groups in total. The predicted octanol–water partition coefficient (Wildman–Crippen LogP) is 2.03. The first-order valence-corrected chi connectivity index (χ1v) is 6.03. The summed E-state index contributed by atoms with van der Waals surface area (Å²) in [5.74, 6) is 2.57. The van der Waals surface area contributed by atoms with Crippen LogP contribution in [0.25, 0.3) is 0 Å². The van der Waals surface area contributed by atoms with E-state index in [1.807, 2.05) is 30.3 Å². The lowest BCUT2D eigenvalue weighted by atomic mass is 10.1. The van der Waals surface area contributed by atoms with E-state index in [2.05, 4.69) is 16.0 Å². The van der Waals surface area contributed by atoms with Crippen LogP contribution in [-0.2, 0) is 13.5 Å². The van der Waals surface area contributed by atoms with Crippen molar-refractivity contribution >= 4 is 11.9 Å². The summed E-state index contributed by atoms with van der Waals surface area (Å²) >= 11 is 0. The van der Waals surface area contributed by atoms with Gasteiger partial charge in [0.05, 0.1) is 11.3 Å². The number of rotatable bonds is 4. The third kappa shape index (κ3) is 3.02. The number of aliphatic imine (C=N–C) groups is 1. The largest absolute Gasteiger partial charge is 0.299 e. The number of aromatic nitrogens is 2. The minimum Gasteiger partial charge on any atom is -0.299 e. The zero-order chi connectivity index (χ0) is 13.7. The lowest BCUT2D eigenvalue weighted by Gasteiger charge is -1.95. The Morgan fingerprint density at radius 1 is 1.42 bits per heavy atom. The van der Waals surface area contributed by atoms with Crippen molar-refractivity contribution in [2.45, 2.75) is 12.8 Å². The molecule has 0 unspecified atom stereocenters. The molecule has 0 amide bonds. The van der Waals surface area contributed by atoms with E-state index in [-0.39, 0.29) is 5.56 Å². The summed E-state index contributed by atoms with van der Waals surface area (Å²) in [4.78, 5) is 16.3. The predicted molar refractivity (Wildman–Crippen MR) is 76.9 cm³/mol. The van der Waals surface area contributed by atoms with Gasteiger partial charge in [-0.25, -0.2) is 0 Å². The molecule has 0 aliphatic rings. The monoisotopic (exact) mass is 253 g/mol. The molecular formula is C15H15N3O. The summed E-state index contributed by atoms with van der Waals surface area (Å²) in [7, 11) is 1.68. The molecule has 0 aliphatic carbocycles. The highest BCUT2D eigenvalue weighted by Gasteiger charge is 2.09. The third-order valence-electron chi connectivity index (χ3n) is 2.78. The molecule has 4 heteroatoms. The first-order valence-electron chi connectivity index (χ1n) is 6.03. The van der Waals surface area contributed by atoms with Gasteiger partial charge in [-0.05, 0) is 12.1 Å². The van der Waals surface area contributed by atoms with Crippen molar-refractivity contribution in [1.29, 1.82) is 0 Å². The van der Waals surface area contributed by atoms with Gasteiger partial charge in [0.2, 0.25) is 0 Å². The lowest BCUT2D eigenvalue weighted by molar-refractivity contribution is 0.719.